The molecule has 1 aliphatic heterocycles. The van der Waals surface area contributed by atoms with E-state index in [-0.39, 0.29) is 5.54 Å². The fourth-order valence-electron chi connectivity index (χ4n) is 2.38. The van der Waals surface area contributed by atoms with Gasteiger partial charge in [0.05, 0.1) is 12.2 Å². The molecule has 2 heterocycles. The maximum atomic E-state index is 6.10. The van der Waals surface area contributed by atoms with Gasteiger partial charge in [-0.2, -0.15) is 0 Å². The second-order valence-corrected chi connectivity index (χ2v) is 5.62. The molecule has 1 aromatic carbocycles. The smallest absolute Gasteiger partial charge is 0.115 e. The Balaban J connectivity index is 1.82. The van der Waals surface area contributed by atoms with Crippen molar-refractivity contribution >= 4 is 5.69 Å². The second-order valence-electron chi connectivity index (χ2n) is 5.62. The summed E-state index contributed by atoms with van der Waals surface area (Å²) in [6.07, 6.45) is 3.52. The summed E-state index contributed by atoms with van der Waals surface area (Å²) >= 11 is 0. The van der Waals surface area contributed by atoms with E-state index in [1.807, 2.05) is 20.0 Å². The largest absolute Gasteiger partial charge is 0.361 e. The molecular formula is C15H18N4. The monoisotopic (exact) mass is 254 g/mol. The average molecular weight is 254 g/mol. The summed E-state index contributed by atoms with van der Waals surface area (Å²) in [6.45, 7) is 5.76. The molecule has 0 atom stereocenters. The van der Waals surface area contributed by atoms with Gasteiger partial charge in [0.25, 0.3) is 0 Å². The van der Waals surface area contributed by atoms with Gasteiger partial charge in [0, 0.05) is 29.5 Å². The number of rotatable bonds is 2. The number of hydrogen-bond donors (Lipinski definition) is 1. The van der Waals surface area contributed by atoms with E-state index in [0.717, 1.165) is 24.3 Å². The molecule has 0 aliphatic carbocycles. The van der Waals surface area contributed by atoms with Crippen molar-refractivity contribution in [3.05, 3.63) is 53.6 Å². The van der Waals surface area contributed by atoms with E-state index in [1.54, 1.807) is 6.33 Å². The zero-order valence-electron chi connectivity index (χ0n) is 11.3. The first-order chi connectivity index (χ1) is 9.04. The molecule has 4 nitrogen and oxygen atoms in total. The number of fused-ring (bicyclic) bond motifs is 1. The molecule has 1 aromatic heterocycles. The fourth-order valence-corrected chi connectivity index (χ4v) is 2.38. The quantitative estimate of drug-likeness (QED) is 0.892. The van der Waals surface area contributed by atoms with E-state index in [1.165, 1.54) is 11.3 Å². The number of anilines is 1. The third kappa shape index (κ3) is 2.31. The van der Waals surface area contributed by atoms with Gasteiger partial charge >= 0.3 is 0 Å². The van der Waals surface area contributed by atoms with Crippen molar-refractivity contribution < 1.29 is 0 Å². The number of aromatic nitrogens is 2. The summed E-state index contributed by atoms with van der Waals surface area (Å²) < 4.78 is 0. The topological polar surface area (TPSA) is 55.0 Å². The molecule has 19 heavy (non-hydrogen) atoms. The van der Waals surface area contributed by atoms with Crippen molar-refractivity contribution in [2.75, 3.05) is 4.90 Å². The molecule has 3 rings (SSSR count). The van der Waals surface area contributed by atoms with Crippen LogP contribution in [0, 0.1) is 0 Å². The lowest BCUT2D eigenvalue weighted by Gasteiger charge is -2.22. The second kappa shape index (κ2) is 4.31. The minimum atomic E-state index is -0.294. The molecule has 0 fully saturated rings. The van der Waals surface area contributed by atoms with Gasteiger partial charge in [0.1, 0.15) is 6.33 Å². The van der Waals surface area contributed by atoms with Crippen LogP contribution in [-0.2, 0) is 18.6 Å². The first kappa shape index (κ1) is 12.1. The zero-order valence-corrected chi connectivity index (χ0v) is 11.3. The molecule has 0 saturated heterocycles. The van der Waals surface area contributed by atoms with E-state index in [4.69, 9.17) is 5.73 Å². The fraction of sp³-hybridized carbons (Fsp3) is 0.333. The minimum Gasteiger partial charge on any atom is -0.361 e. The maximum Gasteiger partial charge on any atom is 0.115 e. The Kier molecular flexibility index (Phi) is 2.75. The molecule has 1 aliphatic rings. The molecular weight excluding hydrogens is 236 g/mol. The molecule has 2 N–H and O–H groups in total. The first-order valence-corrected chi connectivity index (χ1v) is 6.46. The third-order valence-electron chi connectivity index (χ3n) is 3.56. The number of nitrogens with two attached hydrogens (primary N) is 1. The molecule has 98 valence electrons. The van der Waals surface area contributed by atoms with Gasteiger partial charge in [-0.3, -0.25) is 0 Å². The Morgan fingerprint density at radius 3 is 2.53 bits per heavy atom. The van der Waals surface area contributed by atoms with Crippen LogP contribution in [0.25, 0.3) is 0 Å². The van der Waals surface area contributed by atoms with Crippen molar-refractivity contribution in [1.29, 1.82) is 0 Å². The van der Waals surface area contributed by atoms with Crippen LogP contribution >= 0.6 is 0 Å². The third-order valence-corrected chi connectivity index (χ3v) is 3.56. The van der Waals surface area contributed by atoms with Crippen molar-refractivity contribution in [2.45, 2.75) is 32.5 Å². The van der Waals surface area contributed by atoms with Crippen LogP contribution in [0.5, 0.6) is 0 Å². The molecule has 0 amide bonds. The summed E-state index contributed by atoms with van der Waals surface area (Å²) in [5, 5.41) is 0. The van der Waals surface area contributed by atoms with Crippen LogP contribution in [-0.4, -0.2) is 9.97 Å². The highest BCUT2D eigenvalue weighted by atomic mass is 15.2. The Bertz CT molecular complexity index is 559. The van der Waals surface area contributed by atoms with Crippen LogP contribution in [0.15, 0.2) is 36.8 Å². The van der Waals surface area contributed by atoms with Gasteiger partial charge in [-0.15, -0.1) is 0 Å². The van der Waals surface area contributed by atoms with Crippen molar-refractivity contribution in [3.8, 4) is 0 Å². The summed E-state index contributed by atoms with van der Waals surface area (Å²) in [4.78, 5) is 10.7. The van der Waals surface area contributed by atoms with Crippen molar-refractivity contribution in [2.24, 2.45) is 5.73 Å². The predicted molar refractivity (Wildman–Crippen MR) is 75.6 cm³/mol. The summed E-state index contributed by atoms with van der Waals surface area (Å²) in [5.74, 6) is 0. The van der Waals surface area contributed by atoms with Gasteiger partial charge in [-0.25, -0.2) is 9.97 Å². The highest BCUT2D eigenvalue weighted by Gasteiger charge is 2.21. The van der Waals surface area contributed by atoms with Gasteiger partial charge in [-0.1, -0.05) is 12.1 Å². The van der Waals surface area contributed by atoms with Crippen LogP contribution in [0.3, 0.4) is 0 Å². The van der Waals surface area contributed by atoms with Crippen LogP contribution in [0.4, 0.5) is 5.69 Å². The number of benzene rings is 1. The first-order valence-electron chi connectivity index (χ1n) is 6.46. The molecule has 0 saturated carbocycles. The highest BCUT2D eigenvalue weighted by molar-refractivity contribution is 5.51. The van der Waals surface area contributed by atoms with Crippen LogP contribution in [0.1, 0.15) is 30.7 Å². The molecule has 0 bridgehead atoms. The molecule has 0 spiro atoms. The maximum absolute atomic E-state index is 6.10. The molecule has 2 aromatic rings. The van der Waals surface area contributed by atoms with Gasteiger partial charge in [0.2, 0.25) is 0 Å². The van der Waals surface area contributed by atoms with Gasteiger partial charge < -0.3 is 10.6 Å². The highest BCUT2D eigenvalue weighted by Crippen LogP contribution is 2.28. The van der Waals surface area contributed by atoms with E-state index in [9.17, 15) is 0 Å². The van der Waals surface area contributed by atoms with Gasteiger partial charge in [-0.05, 0) is 31.5 Å². The van der Waals surface area contributed by atoms with Crippen molar-refractivity contribution in [3.63, 3.8) is 0 Å². The normalized spacial score (nSPS) is 14.6. The van der Waals surface area contributed by atoms with E-state index < -0.39 is 0 Å². The molecule has 0 radical (unpaired) electrons. The molecule has 4 heteroatoms. The summed E-state index contributed by atoms with van der Waals surface area (Å²) in [5.41, 5.74) is 10.5. The van der Waals surface area contributed by atoms with E-state index in [0.29, 0.717) is 0 Å². The lowest BCUT2D eigenvalue weighted by molar-refractivity contribution is 0.554. The van der Waals surface area contributed by atoms with Crippen LogP contribution in [0.2, 0.25) is 0 Å². The standard InChI is InChI=1S/C15H18N4/c1-15(2,16)12-3-5-13(6-4-12)19-8-11-7-17-10-18-14(11)9-19/h3-7,10H,8-9,16H2,1-2H3. The Hall–Kier alpha value is -1.94. The summed E-state index contributed by atoms with van der Waals surface area (Å²) in [7, 11) is 0. The van der Waals surface area contributed by atoms with Gasteiger partial charge in [0.15, 0.2) is 0 Å². The van der Waals surface area contributed by atoms with E-state index in [2.05, 4.69) is 39.1 Å². The summed E-state index contributed by atoms with van der Waals surface area (Å²) in [6, 6.07) is 8.46. The van der Waals surface area contributed by atoms with E-state index >= 15 is 0 Å². The zero-order chi connectivity index (χ0) is 13.5. The van der Waals surface area contributed by atoms with Crippen LogP contribution < -0.4 is 10.6 Å². The van der Waals surface area contributed by atoms with Crippen molar-refractivity contribution in [1.82, 2.24) is 9.97 Å². The number of nitrogens with zero attached hydrogens (tertiary/aromatic N) is 3. The minimum absolute atomic E-state index is 0.294. The lowest BCUT2D eigenvalue weighted by atomic mass is 9.95. The predicted octanol–water partition coefficient (Wildman–Crippen LogP) is 2.19. The lowest BCUT2D eigenvalue weighted by Crippen LogP contribution is -2.28. The average Bonchev–Trinajstić information content (AvgIpc) is 2.81. The Morgan fingerprint density at radius 1 is 1.16 bits per heavy atom. The number of hydrogen-bond acceptors (Lipinski definition) is 4. The Labute approximate surface area is 113 Å². The molecule has 0 unspecified atom stereocenters. The Morgan fingerprint density at radius 2 is 1.89 bits per heavy atom. The SMILES string of the molecule is CC(C)(N)c1ccc(N2Cc3cncnc3C2)cc1.